The standard InChI is InChI=1S/C17H19N3/c1-19(2)14-5-7-16-12(10-14)9-13-11-15(20(3)4)6-8-17(13)18-16/h5-11H,1-4H3. The minimum absolute atomic E-state index is 1.04. The number of hydrogen-bond acceptors (Lipinski definition) is 3. The molecule has 2 aromatic carbocycles. The molecule has 0 aliphatic carbocycles. The Balaban J connectivity index is 2.24. The molecule has 3 heteroatoms. The molecule has 0 unspecified atom stereocenters. The van der Waals surface area contributed by atoms with Gasteiger partial charge in [-0.15, -0.1) is 0 Å². The van der Waals surface area contributed by atoms with Gasteiger partial charge in [0.25, 0.3) is 0 Å². The maximum atomic E-state index is 4.74. The van der Waals surface area contributed by atoms with Gasteiger partial charge in [0.15, 0.2) is 0 Å². The van der Waals surface area contributed by atoms with Crippen molar-refractivity contribution in [1.29, 1.82) is 0 Å². The average molecular weight is 265 g/mol. The van der Waals surface area contributed by atoms with Crippen molar-refractivity contribution in [3.63, 3.8) is 0 Å². The van der Waals surface area contributed by atoms with Gasteiger partial charge in [-0.05, 0) is 42.5 Å². The van der Waals surface area contributed by atoms with E-state index in [1.54, 1.807) is 0 Å². The summed E-state index contributed by atoms with van der Waals surface area (Å²) in [7, 11) is 8.22. The molecule has 1 heterocycles. The fraction of sp³-hybridized carbons (Fsp3) is 0.235. The molecule has 3 nitrogen and oxygen atoms in total. The van der Waals surface area contributed by atoms with Crippen LogP contribution in [0.15, 0.2) is 42.5 Å². The van der Waals surface area contributed by atoms with E-state index in [4.69, 9.17) is 4.98 Å². The van der Waals surface area contributed by atoms with Crippen LogP contribution < -0.4 is 9.80 Å². The zero-order valence-corrected chi connectivity index (χ0v) is 12.4. The van der Waals surface area contributed by atoms with Gasteiger partial charge in [-0.2, -0.15) is 0 Å². The molecule has 0 amide bonds. The third-order valence-corrected chi connectivity index (χ3v) is 3.61. The molecule has 0 saturated carbocycles. The number of anilines is 2. The topological polar surface area (TPSA) is 19.4 Å². The van der Waals surface area contributed by atoms with Crippen molar-refractivity contribution < 1.29 is 0 Å². The van der Waals surface area contributed by atoms with Crippen LogP contribution in [-0.2, 0) is 0 Å². The van der Waals surface area contributed by atoms with E-state index < -0.39 is 0 Å². The molecule has 20 heavy (non-hydrogen) atoms. The Hall–Kier alpha value is -2.29. The molecule has 0 bridgehead atoms. The van der Waals surface area contributed by atoms with Crippen molar-refractivity contribution in [2.75, 3.05) is 38.0 Å². The Morgan fingerprint density at radius 1 is 0.650 bits per heavy atom. The van der Waals surface area contributed by atoms with Crippen LogP contribution >= 0.6 is 0 Å². The molecular formula is C17H19N3. The lowest BCUT2D eigenvalue weighted by Gasteiger charge is -2.14. The van der Waals surface area contributed by atoms with Crippen molar-refractivity contribution in [3.05, 3.63) is 42.5 Å². The minimum Gasteiger partial charge on any atom is -0.378 e. The third kappa shape index (κ3) is 2.16. The molecule has 0 aliphatic heterocycles. The zero-order valence-electron chi connectivity index (χ0n) is 12.4. The maximum absolute atomic E-state index is 4.74. The van der Waals surface area contributed by atoms with Crippen LogP contribution in [0, 0.1) is 0 Å². The van der Waals surface area contributed by atoms with E-state index in [0.29, 0.717) is 0 Å². The quantitative estimate of drug-likeness (QED) is 0.661. The smallest absolute Gasteiger partial charge is 0.0711 e. The summed E-state index contributed by atoms with van der Waals surface area (Å²) in [4.78, 5) is 8.96. The Morgan fingerprint density at radius 2 is 1.10 bits per heavy atom. The van der Waals surface area contributed by atoms with E-state index in [9.17, 15) is 0 Å². The van der Waals surface area contributed by atoms with Gasteiger partial charge in [0, 0.05) is 50.3 Å². The number of rotatable bonds is 2. The first-order valence-electron chi connectivity index (χ1n) is 6.74. The number of aromatic nitrogens is 1. The highest BCUT2D eigenvalue weighted by atomic mass is 15.1. The van der Waals surface area contributed by atoms with E-state index in [1.165, 1.54) is 22.1 Å². The van der Waals surface area contributed by atoms with Gasteiger partial charge in [0.2, 0.25) is 0 Å². The Labute approximate surface area is 119 Å². The molecule has 1 aromatic heterocycles. The Morgan fingerprint density at radius 3 is 1.50 bits per heavy atom. The van der Waals surface area contributed by atoms with E-state index in [1.807, 2.05) is 0 Å². The summed E-state index contributed by atoms with van der Waals surface area (Å²) in [5.74, 6) is 0. The predicted molar refractivity (Wildman–Crippen MR) is 87.9 cm³/mol. The molecule has 0 fully saturated rings. The second-order valence-corrected chi connectivity index (χ2v) is 5.53. The van der Waals surface area contributed by atoms with Crippen LogP contribution in [-0.4, -0.2) is 33.2 Å². The third-order valence-electron chi connectivity index (χ3n) is 3.61. The van der Waals surface area contributed by atoms with Gasteiger partial charge in [0.05, 0.1) is 11.0 Å². The van der Waals surface area contributed by atoms with Crippen LogP contribution in [0.25, 0.3) is 21.8 Å². The number of nitrogens with zero attached hydrogens (tertiary/aromatic N) is 3. The van der Waals surface area contributed by atoms with E-state index >= 15 is 0 Å². The number of benzene rings is 2. The van der Waals surface area contributed by atoms with Gasteiger partial charge in [-0.3, -0.25) is 0 Å². The molecule has 0 atom stereocenters. The predicted octanol–water partition coefficient (Wildman–Crippen LogP) is 3.52. The summed E-state index contributed by atoms with van der Waals surface area (Å²) in [6.07, 6.45) is 0. The van der Waals surface area contributed by atoms with Gasteiger partial charge in [-0.1, -0.05) is 0 Å². The summed E-state index contributed by atoms with van der Waals surface area (Å²) in [6, 6.07) is 15.0. The fourth-order valence-electron chi connectivity index (χ4n) is 2.37. The normalized spacial score (nSPS) is 11.0. The van der Waals surface area contributed by atoms with E-state index in [0.717, 1.165) is 11.0 Å². The summed E-state index contributed by atoms with van der Waals surface area (Å²) < 4.78 is 0. The first-order valence-corrected chi connectivity index (χ1v) is 6.74. The molecule has 0 spiro atoms. The Kier molecular flexibility index (Phi) is 2.97. The molecule has 0 saturated heterocycles. The lowest BCUT2D eigenvalue weighted by molar-refractivity contribution is 1.13. The van der Waals surface area contributed by atoms with Crippen molar-refractivity contribution in [2.45, 2.75) is 0 Å². The first kappa shape index (κ1) is 12.7. The minimum atomic E-state index is 1.04. The molecular weight excluding hydrogens is 246 g/mol. The molecule has 0 aliphatic rings. The van der Waals surface area contributed by atoms with Crippen LogP contribution in [0.5, 0.6) is 0 Å². The second-order valence-electron chi connectivity index (χ2n) is 5.53. The number of hydrogen-bond donors (Lipinski definition) is 0. The first-order chi connectivity index (χ1) is 9.54. The zero-order chi connectivity index (χ0) is 14.3. The van der Waals surface area contributed by atoms with Crippen molar-refractivity contribution in [2.24, 2.45) is 0 Å². The maximum Gasteiger partial charge on any atom is 0.0711 e. The van der Waals surface area contributed by atoms with Crippen LogP contribution in [0.3, 0.4) is 0 Å². The number of pyridine rings is 1. The van der Waals surface area contributed by atoms with E-state index in [-0.39, 0.29) is 0 Å². The molecule has 3 rings (SSSR count). The molecule has 0 radical (unpaired) electrons. The number of fused-ring (bicyclic) bond motifs is 2. The van der Waals surface area contributed by atoms with Gasteiger partial charge in [-0.25, -0.2) is 4.98 Å². The lowest BCUT2D eigenvalue weighted by atomic mass is 10.1. The summed E-state index contributed by atoms with van der Waals surface area (Å²) in [6.45, 7) is 0. The molecule has 0 N–H and O–H groups in total. The molecule has 3 aromatic rings. The van der Waals surface area contributed by atoms with E-state index in [2.05, 4.69) is 80.5 Å². The monoisotopic (exact) mass is 265 g/mol. The largest absolute Gasteiger partial charge is 0.378 e. The van der Waals surface area contributed by atoms with Gasteiger partial charge < -0.3 is 9.80 Å². The van der Waals surface area contributed by atoms with Gasteiger partial charge in [0.1, 0.15) is 0 Å². The molecule has 102 valence electrons. The van der Waals surface area contributed by atoms with Crippen LogP contribution in [0.4, 0.5) is 11.4 Å². The van der Waals surface area contributed by atoms with Crippen LogP contribution in [0.2, 0.25) is 0 Å². The highest BCUT2D eigenvalue weighted by molar-refractivity contribution is 5.95. The van der Waals surface area contributed by atoms with Crippen molar-refractivity contribution in [3.8, 4) is 0 Å². The SMILES string of the molecule is CN(C)c1ccc2nc3ccc(N(C)C)cc3cc2c1. The van der Waals surface area contributed by atoms with Crippen molar-refractivity contribution in [1.82, 2.24) is 4.98 Å². The summed E-state index contributed by atoms with van der Waals surface area (Å²) in [5, 5.41) is 2.36. The highest BCUT2D eigenvalue weighted by Gasteiger charge is 2.04. The van der Waals surface area contributed by atoms with Gasteiger partial charge >= 0.3 is 0 Å². The summed E-state index contributed by atoms with van der Waals surface area (Å²) in [5.41, 5.74) is 4.48. The average Bonchev–Trinajstić information content (AvgIpc) is 2.43. The highest BCUT2D eigenvalue weighted by Crippen LogP contribution is 2.26. The second kappa shape index (κ2) is 4.67. The lowest BCUT2D eigenvalue weighted by Crippen LogP contribution is -2.08. The Bertz CT molecular complexity index is 713. The summed E-state index contributed by atoms with van der Waals surface area (Å²) >= 11 is 0. The van der Waals surface area contributed by atoms with Crippen LogP contribution in [0.1, 0.15) is 0 Å². The van der Waals surface area contributed by atoms with Crippen molar-refractivity contribution >= 4 is 33.2 Å². The fourth-order valence-corrected chi connectivity index (χ4v) is 2.37.